The molecule has 8 heteroatoms. The molecule has 0 fully saturated rings. The van der Waals surface area contributed by atoms with Gasteiger partial charge in [0.1, 0.15) is 5.78 Å². The van der Waals surface area contributed by atoms with Crippen LogP contribution in [0.3, 0.4) is 0 Å². The summed E-state index contributed by atoms with van der Waals surface area (Å²) in [4.78, 5) is 37.9. The minimum absolute atomic E-state index is 0.0982. The Morgan fingerprint density at radius 1 is 0.917 bits per heavy atom. The lowest BCUT2D eigenvalue weighted by molar-refractivity contribution is -0.126. The number of carbonyl (C=O) groups excluding carboxylic acids is 3. The lowest BCUT2D eigenvalue weighted by Crippen LogP contribution is -2.20. The second-order valence-corrected chi connectivity index (χ2v) is 10.8. The Morgan fingerprint density at radius 3 is 2.19 bits per heavy atom. The molecule has 1 amide bonds. The van der Waals surface area contributed by atoms with Gasteiger partial charge in [-0.25, -0.2) is 8.78 Å². The average molecular weight is 577 g/mol. The summed E-state index contributed by atoms with van der Waals surface area (Å²) in [6, 6.07) is 13.6. The van der Waals surface area contributed by atoms with Crippen molar-refractivity contribution in [3.8, 4) is 0 Å². The minimum Gasteiger partial charge on any atom is -0.322 e. The van der Waals surface area contributed by atoms with Crippen molar-refractivity contribution in [2.24, 2.45) is 5.41 Å². The van der Waals surface area contributed by atoms with Gasteiger partial charge in [-0.15, -0.1) is 0 Å². The number of nitrogens with one attached hydrogen (secondary N) is 1. The minimum atomic E-state index is -1.30. The molecular formula is C28H25BrClF2NO3. The zero-order chi connectivity index (χ0) is 26.6. The molecule has 3 aromatic carbocycles. The number of benzene rings is 3. The van der Waals surface area contributed by atoms with E-state index < -0.39 is 34.3 Å². The van der Waals surface area contributed by atoms with Crippen LogP contribution in [0.15, 0.2) is 59.1 Å². The van der Waals surface area contributed by atoms with Crippen molar-refractivity contribution in [3.05, 3.63) is 98.0 Å². The molecule has 0 aromatic heterocycles. The summed E-state index contributed by atoms with van der Waals surface area (Å²) in [6.07, 6.45) is 0.470. The highest BCUT2D eigenvalue weighted by Crippen LogP contribution is 2.24. The maximum Gasteiger partial charge on any atom is 0.258 e. The van der Waals surface area contributed by atoms with Gasteiger partial charge in [0.2, 0.25) is 0 Å². The fourth-order valence-electron chi connectivity index (χ4n) is 3.50. The third-order valence-corrected chi connectivity index (χ3v) is 6.47. The number of hydrogen-bond donors (Lipinski definition) is 1. The van der Waals surface area contributed by atoms with Crippen molar-refractivity contribution in [2.45, 2.75) is 40.0 Å². The van der Waals surface area contributed by atoms with Crippen molar-refractivity contribution >= 4 is 50.7 Å². The van der Waals surface area contributed by atoms with Crippen LogP contribution in [0.2, 0.25) is 5.02 Å². The summed E-state index contributed by atoms with van der Waals surface area (Å²) in [5.74, 6) is -3.70. The predicted molar refractivity (Wildman–Crippen MR) is 141 cm³/mol. The summed E-state index contributed by atoms with van der Waals surface area (Å²) < 4.78 is 29.6. The Morgan fingerprint density at radius 2 is 1.56 bits per heavy atom. The quantitative estimate of drug-likeness (QED) is 0.281. The van der Waals surface area contributed by atoms with Crippen molar-refractivity contribution in [3.63, 3.8) is 0 Å². The molecular weight excluding hydrogens is 552 g/mol. The topological polar surface area (TPSA) is 63.2 Å². The van der Waals surface area contributed by atoms with E-state index in [1.165, 1.54) is 0 Å². The second kappa shape index (κ2) is 11.4. The Labute approximate surface area is 222 Å². The number of rotatable bonds is 8. The van der Waals surface area contributed by atoms with E-state index in [9.17, 15) is 23.2 Å². The first-order valence-electron chi connectivity index (χ1n) is 11.2. The van der Waals surface area contributed by atoms with E-state index in [1.807, 2.05) is 20.8 Å². The molecule has 0 saturated carbocycles. The van der Waals surface area contributed by atoms with Gasteiger partial charge < -0.3 is 5.32 Å². The molecule has 0 saturated heterocycles. The smallest absolute Gasteiger partial charge is 0.258 e. The zero-order valence-electron chi connectivity index (χ0n) is 20.1. The molecule has 4 nitrogen and oxygen atoms in total. The van der Waals surface area contributed by atoms with Gasteiger partial charge >= 0.3 is 0 Å². The number of halogens is 4. The number of aryl methyl sites for hydroxylation is 1. The van der Waals surface area contributed by atoms with Gasteiger partial charge in [0.05, 0.1) is 10.6 Å². The van der Waals surface area contributed by atoms with Gasteiger partial charge in [0.15, 0.2) is 17.4 Å². The molecule has 0 unspecified atom stereocenters. The molecule has 0 aliphatic carbocycles. The van der Waals surface area contributed by atoms with E-state index in [1.54, 1.807) is 42.5 Å². The van der Waals surface area contributed by atoms with Gasteiger partial charge in [-0.2, -0.15) is 0 Å². The van der Waals surface area contributed by atoms with Crippen LogP contribution in [-0.2, 0) is 17.6 Å². The van der Waals surface area contributed by atoms with Crippen molar-refractivity contribution in [2.75, 3.05) is 5.32 Å². The van der Waals surface area contributed by atoms with Crippen LogP contribution in [0.5, 0.6) is 0 Å². The first-order valence-corrected chi connectivity index (χ1v) is 12.4. The zero-order valence-corrected chi connectivity index (χ0v) is 22.4. The van der Waals surface area contributed by atoms with Gasteiger partial charge in [0, 0.05) is 34.0 Å². The van der Waals surface area contributed by atoms with E-state index in [4.69, 9.17) is 11.6 Å². The third kappa shape index (κ3) is 7.08. The molecule has 0 atom stereocenters. The van der Waals surface area contributed by atoms with Crippen molar-refractivity contribution in [1.29, 1.82) is 0 Å². The molecule has 0 spiro atoms. The Kier molecular flexibility index (Phi) is 8.80. The molecule has 1 N–H and O–H groups in total. The monoisotopic (exact) mass is 575 g/mol. The second-order valence-electron chi connectivity index (χ2n) is 9.49. The van der Waals surface area contributed by atoms with Crippen molar-refractivity contribution < 1.29 is 23.2 Å². The largest absolute Gasteiger partial charge is 0.322 e. The van der Waals surface area contributed by atoms with E-state index in [0.29, 0.717) is 18.5 Å². The van der Waals surface area contributed by atoms with E-state index in [2.05, 4.69) is 21.2 Å². The summed E-state index contributed by atoms with van der Waals surface area (Å²) in [7, 11) is 0. The molecule has 36 heavy (non-hydrogen) atoms. The summed E-state index contributed by atoms with van der Waals surface area (Å²) in [6.45, 7) is 5.55. The molecule has 0 radical (unpaired) electrons. The van der Waals surface area contributed by atoms with E-state index in [-0.39, 0.29) is 28.4 Å². The van der Waals surface area contributed by atoms with Crippen LogP contribution >= 0.6 is 27.5 Å². The third-order valence-electron chi connectivity index (χ3n) is 5.61. The number of carbonyl (C=O) groups is 3. The maximum absolute atomic E-state index is 14.4. The first kappa shape index (κ1) is 27.7. The normalized spacial score (nSPS) is 11.3. The molecule has 3 rings (SSSR count). The van der Waals surface area contributed by atoms with Crippen molar-refractivity contribution in [1.82, 2.24) is 0 Å². The van der Waals surface area contributed by atoms with Gasteiger partial charge in [-0.05, 0) is 66.1 Å². The first-order chi connectivity index (χ1) is 16.8. The molecule has 0 aliphatic rings. The molecule has 0 aliphatic heterocycles. The molecule has 0 bridgehead atoms. The van der Waals surface area contributed by atoms with Crippen LogP contribution < -0.4 is 5.32 Å². The summed E-state index contributed by atoms with van der Waals surface area (Å²) >= 11 is 9.53. The standard InChI is InChI=1S/C28H25BrClF2NO3/c1-28(2,3)25(35)11-5-16-4-10-22(30)20(12-16)24(34)15-17-13-21(26(32)23(31)14-17)27(36)33-19-8-6-18(29)7-9-19/h4,6-10,12-14H,5,11,15H2,1-3H3,(H,33,36). The van der Waals surface area contributed by atoms with Crippen LogP contribution in [0.4, 0.5) is 14.5 Å². The fourth-order valence-corrected chi connectivity index (χ4v) is 3.99. The van der Waals surface area contributed by atoms with E-state index >= 15 is 0 Å². The van der Waals surface area contributed by atoms with E-state index in [0.717, 1.165) is 22.2 Å². The van der Waals surface area contributed by atoms with Gasteiger partial charge in [0.25, 0.3) is 5.91 Å². The highest BCUT2D eigenvalue weighted by Gasteiger charge is 2.22. The Bertz CT molecular complexity index is 1320. The summed E-state index contributed by atoms with van der Waals surface area (Å²) in [5.41, 5.74) is 0.533. The van der Waals surface area contributed by atoms with Crippen LogP contribution in [0.1, 0.15) is 59.0 Å². The SMILES string of the molecule is CC(C)(C)C(=O)CCc1ccc(Cl)c(C(=O)Cc2cc(F)c(F)c(C(=O)Nc3ccc(Br)cc3)c2)c1. The number of amides is 1. The highest BCUT2D eigenvalue weighted by atomic mass is 79.9. The highest BCUT2D eigenvalue weighted by molar-refractivity contribution is 9.10. The molecule has 3 aromatic rings. The fraction of sp³-hybridized carbons (Fsp3) is 0.250. The number of anilines is 1. The number of Topliss-reactive ketones (excluding diaryl/α,β-unsaturated/α-hetero) is 2. The maximum atomic E-state index is 14.4. The summed E-state index contributed by atoms with van der Waals surface area (Å²) in [5, 5.41) is 2.73. The predicted octanol–water partition coefficient (Wildman–Crippen LogP) is 7.61. The van der Waals surface area contributed by atoms with Gasteiger partial charge in [-0.3, -0.25) is 14.4 Å². The van der Waals surface area contributed by atoms with Crippen LogP contribution in [0, 0.1) is 17.0 Å². The molecule has 0 heterocycles. The number of hydrogen-bond acceptors (Lipinski definition) is 3. The van der Waals surface area contributed by atoms with Crippen LogP contribution in [-0.4, -0.2) is 17.5 Å². The Balaban J connectivity index is 1.79. The average Bonchev–Trinajstić information content (AvgIpc) is 2.81. The van der Waals surface area contributed by atoms with Crippen LogP contribution in [0.25, 0.3) is 0 Å². The lowest BCUT2D eigenvalue weighted by Gasteiger charge is -2.16. The Hall–Kier alpha value is -2.90. The van der Waals surface area contributed by atoms with Gasteiger partial charge in [-0.1, -0.05) is 54.4 Å². The number of ketones is 2. The molecule has 188 valence electrons. The lowest BCUT2D eigenvalue weighted by atomic mass is 9.87.